The fraction of sp³-hybridized carbons (Fsp3) is 0.0833. The van der Waals surface area contributed by atoms with Crippen molar-refractivity contribution in [2.24, 2.45) is 0 Å². The first-order chi connectivity index (χ1) is 11.7. The molecule has 0 aliphatic heterocycles. The van der Waals surface area contributed by atoms with E-state index in [4.69, 9.17) is 0 Å². The molecule has 0 nitrogen and oxygen atoms in total. The Kier molecular flexibility index (Phi) is 2.72. The quantitative estimate of drug-likeness (QED) is 0.215. The molecule has 0 heterocycles. The van der Waals surface area contributed by atoms with Gasteiger partial charge in [0, 0.05) is 0 Å². The van der Waals surface area contributed by atoms with Gasteiger partial charge in [0.1, 0.15) is 0 Å². The normalized spacial score (nSPS) is 11.8. The molecule has 114 valence electrons. The average Bonchev–Trinajstić information content (AvgIpc) is 2.65. The van der Waals surface area contributed by atoms with Crippen LogP contribution >= 0.6 is 0 Å². The van der Waals surface area contributed by atoms with E-state index in [1.165, 1.54) is 54.2 Å². The summed E-state index contributed by atoms with van der Waals surface area (Å²) < 4.78 is 0. The molecule has 24 heavy (non-hydrogen) atoms. The lowest BCUT2D eigenvalue weighted by Crippen LogP contribution is -1.89. The van der Waals surface area contributed by atoms with Crippen molar-refractivity contribution in [2.75, 3.05) is 0 Å². The van der Waals surface area contributed by atoms with E-state index in [9.17, 15) is 0 Å². The zero-order chi connectivity index (χ0) is 16.3. The minimum Gasteiger partial charge on any atom is -0.0616 e. The van der Waals surface area contributed by atoms with E-state index in [1.807, 2.05) is 0 Å². The van der Waals surface area contributed by atoms with Crippen molar-refractivity contribution in [3.8, 4) is 0 Å². The molecule has 0 atom stereocenters. The van der Waals surface area contributed by atoms with Crippen molar-refractivity contribution < 1.29 is 0 Å². The molecule has 0 fully saturated rings. The van der Waals surface area contributed by atoms with Crippen molar-refractivity contribution in [3.63, 3.8) is 0 Å². The van der Waals surface area contributed by atoms with E-state index in [1.54, 1.807) is 0 Å². The molecule has 0 aliphatic rings. The Labute approximate surface area is 141 Å². The highest BCUT2D eigenvalue weighted by Crippen LogP contribution is 2.36. The van der Waals surface area contributed by atoms with Crippen LogP contribution in [0.1, 0.15) is 11.1 Å². The van der Waals surface area contributed by atoms with Crippen LogP contribution in [0.5, 0.6) is 0 Å². The first-order valence-electron chi connectivity index (χ1n) is 8.47. The molecule has 0 amide bonds. The van der Waals surface area contributed by atoms with Gasteiger partial charge in [0.05, 0.1) is 0 Å². The van der Waals surface area contributed by atoms with Gasteiger partial charge in [-0.2, -0.15) is 0 Å². The molecule has 0 aromatic heterocycles. The maximum atomic E-state index is 2.39. The summed E-state index contributed by atoms with van der Waals surface area (Å²) in [6, 6.07) is 26.6. The van der Waals surface area contributed by atoms with Crippen LogP contribution in [0.25, 0.3) is 43.1 Å². The third kappa shape index (κ3) is 1.74. The standard InChI is InChI=1S/C24H18/c1-15-19-8-5-6-9-20(19)16(2)23-14-24-18(13-22(15)23)12-11-17-7-3-4-10-21(17)24/h3-14H,1-2H3. The molecule has 0 aliphatic carbocycles. The lowest BCUT2D eigenvalue weighted by Gasteiger charge is -2.14. The number of fused-ring (bicyclic) bond motifs is 5. The molecule has 0 saturated carbocycles. The second-order valence-corrected chi connectivity index (χ2v) is 6.70. The summed E-state index contributed by atoms with van der Waals surface area (Å²) in [6.45, 7) is 4.50. The van der Waals surface area contributed by atoms with Gasteiger partial charge in [0.2, 0.25) is 0 Å². The van der Waals surface area contributed by atoms with Crippen molar-refractivity contribution in [1.29, 1.82) is 0 Å². The molecule has 0 saturated heterocycles. The molecule has 5 aromatic carbocycles. The zero-order valence-electron chi connectivity index (χ0n) is 13.9. The molecule has 0 bridgehead atoms. The predicted octanol–water partition coefficient (Wildman–Crippen LogP) is 6.92. The molecule has 5 rings (SSSR count). The number of hydrogen-bond acceptors (Lipinski definition) is 0. The lowest BCUT2D eigenvalue weighted by molar-refractivity contribution is 1.53. The average molecular weight is 306 g/mol. The van der Waals surface area contributed by atoms with Gasteiger partial charge in [-0.15, -0.1) is 0 Å². The second-order valence-electron chi connectivity index (χ2n) is 6.70. The summed E-state index contributed by atoms with van der Waals surface area (Å²) in [6.07, 6.45) is 0. The van der Waals surface area contributed by atoms with Gasteiger partial charge in [-0.1, -0.05) is 60.7 Å². The summed E-state index contributed by atoms with van der Waals surface area (Å²) in [4.78, 5) is 0. The highest BCUT2D eigenvalue weighted by atomic mass is 14.1. The Morgan fingerprint density at radius 2 is 0.958 bits per heavy atom. The molecule has 0 radical (unpaired) electrons. The van der Waals surface area contributed by atoms with Crippen LogP contribution in [0.4, 0.5) is 0 Å². The number of benzene rings is 5. The van der Waals surface area contributed by atoms with E-state index in [-0.39, 0.29) is 0 Å². The zero-order valence-corrected chi connectivity index (χ0v) is 13.9. The smallest absolute Gasteiger partial charge is 0.00989 e. The highest BCUT2D eigenvalue weighted by Gasteiger charge is 2.10. The second kappa shape index (κ2) is 4.82. The Morgan fingerprint density at radius 3 is 1.67 bits per heavy atom. The maximum Gasteiger partial charge on any atom is -0.00989 e. The first-order valence-corrected chi connectivity index (χ1v) is 8.47. The van der Waals surface area contributed by atoms with Gasteiger partial charge >= 0.3 is 0 Å². The van der Waals surface area contributed by atoms with Crippen LogP contribution in [0, 0.1) is 13.8 Å². The predicted molar refractivity (Wildman–Crippen MR) is 106 cm³/mol. The highest BCUT2D eigenvalue weighted by molar-refractivity contribution is 6.15. The van der Waals surface area contributed by atoms with E-state index in [2.05, 4.69) is 86.6 Å². The molecular formula is C24H18. The summed E-state index contributed by atoms with van der Waals surface area (Å²) in [5, 5.41) is 10.8. The monoisotopic (exact) mass is 306 g/mol. The van der Waals surface area contributed by atoms with Crippen molar-refractivity contribution in [2.45, 2.75) is 13.8 Å². The molecule has 5 aromatic rings. The van der Waals surface area contributed by atoms with Crippen molar-refractivity contribution >= 4 is 43.1 Å². The minimum absolute atomic E-state index is 1.31. The van der Waals surface area contributed by atoms with Crippen LogP contribution in [-0.4, -0.2) is 0 Å². The van der Waals surface area contributed by atoms with E-state index in [0.29, 0.717) is 0 Å². The first kappa shape index (κ1) is 13.6. The molecule has 0 unspecified atom stereocenters. The van der Waals surface area contributed by atoms with Crippen LogP contribution in [0.2, 0.25) is 0 Å². The Hall–Kier alpha value is -2.86. The molecular weight excluding hydrogens is 288 g/mol. The van der Waals surface area contributed by atoms with Gasteiger partial charge in [-0.25, -0.2) is 0 Å². The van der Waals surface area contributed by atoms with Gasteiger partial charge in [0.15, 0.2) is 0 Å². The van der Waals surface area contributed by atoms with E-state index in [0.717, 1.165) is 0 Å². The van der Waals surface area contributed by atoms with Gasteiger partial charge in [0.25, 0.3) is 0 Å². The number of aryl methyl sites for hydroxylation is 2. The minimum atomic E-state index is 1.31. The Morgan fingerprint density at radius 1 is 0.417 bits per heavy atom. The summed E-state index contributed by atoms with van der Waals surface area (Å²) in [5.74, 6) is 0. The number of rotatable bonds is 0. The van der Waals surface area contributed by atoms with Crippen LogP contribution in [-0.2, 0) is 0 Å². The van der Waals surface area contributed by atoms with Crippen molar-refractivity contribution in [3.05, 3.63) is 83.9 Å². The Balaban J connectivity index is 2.06. The SMILES string of the molecule is Cc1c2ccccc2c(C)c2cc3c(ccc4ccccc43)cc12. The fourth-order valence-corrected chi connectivity index (χ4v) is 4.10. The maximum absolute atomic E-state index is 2.39. The third-order valence-corrected chi connectivity index (χ3v) is 5.43. The fourth-order valence-electron chi connectivity index (χ4n) is 4.10. The summed E-state index contributed by atoms with van der Waals surface area (Å²) in [5.41, 5.74) is 2.75. The molecule has 0 N–H and O–H groups in total. The molecule has 0 heteroatoms. The van der Waals surface area contributed by atoms with Crippen LogP contribution in [0.3, 0.4) is 0 Å². The van der Waals surface area contributed by atoms with Crippen LogP contribution < -0.4 is 0 Å². The number of hydrogen-bond donors (Lipinski definition) is 0. The van der Waals surface area contributed by atoms with E-state index < -0.39 is 0 Å². The molecule has 0 spiro atoms. The summed E-state index contributed by atoms with van der Waals surface area (Å²) in [7, 11) is 0. The summed E-state index contributed by atoms with van der Waals surface area (Å²) >= 11 is 0. The van der Waals surface area contributed by atoms with E-state index >= 15 is 0 Å². The third-order valence-electron chi connectivity index (χ3n) is 5.43. The largest absolute Gasteiger partial charge is 0.0616 e. The van der Waals surface area contributed by atoms with Gasteiger partial charge in [-0.3, -0.25) is 0 Å². The Bertz CT molecular complexity index is 1260. The topological polar surface area (TPSA) is 0 Å². The van der Waals surface area contributed by atoms with Crippen LogP contribution in [0.15, 0.2) is 72.8 Å². The van der Waals surface area contributed by atoms with Crippen molar-refractivity contribution in [1.82, 2.24) is 0 Å². The lowest BCUT2D eigenvalue weighted by atomic mass is 9.90. The van der Waals surface area contributed by atoms with Gasteiger partial charge < -0.3 is 0 Å². The van der Waals surface area contributed by atoms with Gasteiger partial charge in [-0.05, 0) is 80.2 Å².